The molecule has 102 valence electrons. The highest BCUT2D eigenvalue weighted by Gasteiger charge is 2.27. The Bertz CT molecular complexity index is 298. The molecule has 0 aromatic rings. The topological polar surface area (TPSA) is 49.4 Å². The molecule has 1 heterocycles. The second-order valence-corrected chi connectivity index (χ2v) is 7.12. The summed E-state index contributed by atoms with van der Waals surface area (Å²) in [6, 6.07) is 0.185. The average molecular weight is 262 g/mol. The quantitative estimate of drug-likeness (QED) is 0.706. The lowest BCUT2D eigenvalue weighted by atomic mass is 10.2. The maximum atomic E-state index is 11.3. The first kappa shape index (κ1) is 14.9. The van der Waals surface area contributed by atoms with Crippen molar-refractivity contribution in [2.45, 2.75) is 39.2 Å². The largest absolute Gasteiger partial charge is 0.312 e. The van der Waals surface area contributed by atoms with Gasteiger partial charge < -0.3 is 10.2 Å². The number of nitrogens with zero attached hydrogens (tertiary/aromatic N) is 1. The van der Waals surface area contributed by atoms with Gasteiger partial charge in [0, 0.05) is 19.1 Å². The Balaban J connectivity index is 2.18. The van der Waals surface area contributed by atoms with Gasteiger partial charge in [0.25, 0.3) is 0 Å². The van der Waals surface area contributed by atoms with Crippen LogP contribution in [0.3, 0.4) is 0 Å². The minimum atomic E-state index is -2.74. The third-order valence-electron chi connectivity index (χ3n) is 3.17. The molecule has 1 N–H and O–H groups in total. The lowest BCUT2D eigenvalue weighted by molar-refractivity contribution is 0.270. The van der Waals surface area contributed by atoms with Crippen LogP contribution in [0.2, 0.25) is 0 Å². The monoisotopic (exact) mass is 262 g/mol. The minimum absolute atomic E-state index is 0.185. The molecular formula is C12H26N2O2S. The Kier molecular flexibility index (Phi) is 6.44. The van der Waals surface area contributed by atoms with Crippen LogP contribution in [0, 0.1) is 0 Å². The van der Waals surface area contributed by atoms with Gasteiger partial charge in [-0.1, -0.05) is 13.8 Å². The van der Waals surface area contributed by atoms with Gasteiger partial charge in [0.1, 0.15) is 0 Å². The molecule has 4 nitrogen and oxygen atoms in total. The zero-order chi connectivity index (χ0) is 12.7. The van der Waals surface area contributed by atoms with Crippen LogP contribution in [-0.2, 0) is 9.84 Å². The standard InChI is InChI=1S/C12H26N2O2S/c1-3-7-14(8-4-2)9-6-13-12-5-10-17(15,16)11-12/h12-13H,3-11H2,1-2H3. The summed E-state index contributed by atoms with van der Waals surface area (Å²) in [4.78, 5) is 2.44. The highest BCUT2D eigenvalue weighted by molar-refractivity contribution is 7.91. The van der Waals surface area contributed by atoms with Crippen molar-refractivity contribution in [3.63, 3.8) is 0 Å². The summed E-state index contributed by atoms with van der Waals surface area (Å²) in [5.74, 6) is 0.687. The smallest absolute Gasteiger partial charge is 0.151 e. The fourth-order valence-corrected chi connectivity index (χ4v) is 4.06. The van der Waals surface area contributed by atoms with E-state index in [0.29, 0.717) is 11.5 Å². The summed E-state index contributed by atoms with van der Waals surface area (Å²) in [5.41, 5.74) is 0. The molecule has 0 aliphatic carbocycles. The molecule has 0 spiro atoms. The number of rotatable bonds is 8. The maximum absolute atomic E-state index is 11.3. The van der Waals surface area contributed by atoms with Gasteiger partial charge in [-0.05, 0) is 32.4 Å². The van der Waals surface area contributed by atoms with Crippen LogP contribution in [-0.4, -0.2) is 57.0 Å². The van der Waals surface area contributed by atoms with Crippen molar-refractivity contribution in [2.75, 3.05) is 37.7 Å². The lowest BCUT2D eigenvalue weighted by Crippen LogP contribution is -2.38. The fourth-order valence-electron chi connectivity index (χ4n) is 2.35. The molecule has 0 aromatic heterocycles. The molecule has 0 radical (unpaired) electrons. The van der Waals surface area contributed by atoms with E-state index in [1.165, 1.54) is 12.8 Å². The first-order valence-corrected chi connectivity index (χ1v) is 8.55. The van der Waals surface area contributed by atoms with E-state index in [0.717, 1.165) is 32.6 Å². The Morgan fingerprint density at radius 1 is 1.18 bits per heavy atom. The van der Waals surface area contributed by atoms with E-state index in [1.54, 1.807) is 0 Å². The molecule has 1 atom stereocenters. The van der Waals surface area contributed by atoms with E-state index >= 15 is 0 Å². The van der Waals surface area contributed by atoms with E-state index < -0.39 is 9.84 Å². The molecule has 1 aliphatic heterocycles. The lowest BCUT2D eigenvalue weighted by Gasteiger charge is -2.22. The van der Waals surface area contributed by atoms with Crippen molar-refractivity contribution in [3.05, 3.63) is 0 Å². The van der Waals surface area contributed by atoms with E-state index in [4.69, 9.17) is 0 Å². The Hall–Kier alpha value is -0.130. The first-order chi connectivity index (χ1) is 8.07. The molecule has 1 fully saturated rings. The van der Waals surface area contributed by atoms with E-state index in [-0.39, 0.29) is 6.04 Å². The summed E-state index contributed by atoms with van der Waals surface area (Å²) in [6.07, 6.45) is 3.14. The Labute approximate surface area is 106 Å². The summed E-state index contributed by atoms with van der Waals surface area (Å²) in [6.45, 7) is 8.59. The van der Waals surface area contributed by atoms with Crippen LogP contribution in [0.1, 0.15) is 33.1 Å². The van der Waals surface area contributed by atoms with Gasteiger partial charge in [0.05, 0.1) is 11.5 Å². The molecule has 17 heavy (non-hydrogen) atoms. The zero-order valence-corrected chi connectivity index (χ0v) is 11.9. The minimum Gasteiger partial charge on any atom is -0.312 e. The number of hydrogen-bond donors (Lipinski definition) is 1. The molecule has 1 saturated heterocycles. The SMILES string of the molecule is CCCN(CCC)CCNC1CCS(=O)(=O)C1. The van der Waals surface area contributed by atoms with Crippen molar-refractivity contribution in [2.24, 2.45) is 0 Å². The zero-order valence-electron chi connectivity index (χ0n) is 11.1. The van der Waals surface area contributed by atoms with Crippen LogP contribution < -0.4 is 5.32 Å². The van der Waals surface area contributed by atoms with Crippen LogP contribution in [0.5, 0.6) is 0 Å². The Morgan fingerprint density at radius 2 is 1.82 bits per heavy atom. The Morgan fingerprint density at radius 3 is 2.29 bits per heavy atom. The third-order valence-corrected chi connectivity index (χ3v) is 4.94. The fraction of sp³-hybridized carbons (Fsp3) is 1.00. The highest BCUT2D eigenvalue weighted by Crippen LogP contribution is 2.10. The summed E-state index contributed by atoms with van der Waals surface area (Å²) >= 11 is 0. The predicted octanol–water partition coefficient (Wildman–Crippen LogP) is 0.885. The number of sulfone groups is 1. The van der Waals surface area contributed by atoms with Gasteiger partial charge in [0.15, 0.2) is 9.84 Å². The summed E-state index contributed by atoms with van der Waals surface area (Å²) < 4.78 is 22.6. The van der Waals surface area contributed by atoms with Crippen LogP contribution in [0.15, 0.2) is 0 Å². The van der Waals surface area contributed by atoms with Crippen LogP contribution >= 0.6 is 0 Å². The van der Waals surface area contributed by atoms with Crippen molar-refractivity contribution in [1.82, 2.24) is 10.2 Å². The van der Waals surface area contributed by atoms with Gasteiger partial charge in [-0.2, -0.15) is 0 Å². The molecule has 0 bridgehead atoms. The normalized spacial score (nSPS) is 23.4. The van der Waals surface area contributed by atoms with Crippen LogP contribution in [0.25, 0.3) is 0 Å². The van der Waals surface area contributed by atoms with Crippen molar-refractivity contribution >= 4 is 9.84 Å². The highest BCUT2D eigenvalue weighted by atomic mass is 32.2. The second-order valence-electron chi connectivity index (χ2n) is 4.90. The van der Waals surface area contributed by atoms with E-state index in [1.807, 2.05) is 0 Å². The molecule has 5 heteroatoms. The molecule has 0 saturated carbocycles. The van der Waals surface area contributed by atoms with Crippen molar-refractivity contribution in [3.8, 4) is 0 Å². The maximum Gasteiger partial charge on any atom is 0.151 e. The van der Waals surface area contributed by atoms with E-state index in [9.17, 15) is 8.42 Å². The van der Waals surface area contributed by atoms with E-state index in [2.05, 4.69) is 24.1 Å². The van der Waals surface area contributed by atoms with Gasteiger partial charge in [-0.3, -0.25) is 0 Å². The average Bonchev–Trinajstić information content (AvgIpc) is 2.59. The molecule has 1 unspecified atom stereocenters. The third kappa shape index (κ3) is 5.84. The van der Waals surface area contributed by atoms with Gasteiger partial charge >= 0.3 is 0 Å². The van der Waals surface area contributed by atoms with Crippen LogP contribution in [0.4, 0.5) is 0 Å². The number of hydrogen-bond acceptors (Lipinski definition) is 4. The molecule has 1 aliphatic rings. The van der Waals surface area contributed by atoms with Crippen molar-refractivity contribution < 1.29 is 8.42 Å². The predicted molar refractivity (Wildman–Crippen MR) is 72.1 cm³/mol. The van der Waals surface area contributed by atoms with Gasteiger partial charge in [-0.15, -0.1) is 0 Å². The van der Waals surface area contributed by atoms with Crippen molar-refractivity contribution in [1.29, 1.82) is 0 Å². The molecule has 0 amide bonds. The summed E-state index contributed by atoms with van der Waals surface area (Å²) in [7, 11) is -2.74. The van der Waals surface area contributed by atoms with Gasteiger partial charge in [0.2, 0.25) is 0 Å². The number of nitrogens with one attached hydrogen (secondary N) is 1. The first-order valence-electron chi connectivity index (χ1n) is 6.73. The summed E-state index contributed by atoms with van der Waals surface area (Å²) in [5, 5.41) is 3.36. The molecule has 0 aromatic carbocycles. The molecule has 1 rings (SSSR count). The van der Waals surface area contributed by atoms with Gasteiger partial charge in [-0.25, -0.2) is 8.42 Å². The molecular weight excluding hydrogens is 236 g/mol. The second kappa shape index (κ2) is 7.34.